The zero-order valence-corrected chi connectivity index (χ0v) is 14.2. The van der Waals surface area contributed by atoms with Gasteiger partial charge in [-0.3, -0.25) is 0 Å². The van der Waals surface area contributed by atoms with Crippen molar-refractivity contribution in [2.75, 3.05) is 6.54 Å². The summed E-state index contributed by atoms with van der Waals surface area (Å²) in [5, 5.41) is 2.90. The number of halogens is 1. The van der Waals surface area contributed by atoms with E-state index in [1.807, 2.05) is 0 Å². The van der Waals surface area contributed by atoms with Gasteiger partial charge in [0.25, 0.3) is 0 Å². The number of sulfone groups is 1. The van der Waals surface area contributed by atoms with E-state index in [-0.39, 0.29) is 5.70 Å². The lowest BCUT2D eigenvalue weighted by Gasteiger charge is -2.21. The number of carbonyl (C=O) groups excluding carboxylic acids is 1. The fraction of sp³-hybridized carbons (Fsp3) is 0.438. The van der Waals surface area contributed by atoms with Gasteiger partial charge < -0.3 is 10.1 Å². The molecule has 0 atom stereocenters. The molecule has 0 unspecified atom stereocenters. The first-order valence-electron chi connectivity index (χ1n) is 7.33. The van der Waals surface area contributed by atoms with E-state index in [2.05, 4.69) is 5.32 Å². The largest absolute Gasteiger partial charge is 0.456 e. The van der Waals surface area contributed by atoms with Crippen molar-refractivity contribution in [2.24, 2.45) is 0 Å². The normalized spacial score (nSPS) is 17.6. The molecule has 1 fully saturated rings. The lowest BCUT2D eigenvalue weighted by Crippen LogP contribution is -2.29. The van der Waals surface area contributed by atoms with Crippen molar-refractivity contribution in [2.45, 2.75) is 44.1 Å². The summed E-state index contributed by atoms with van der Waals surface area (Å²) in [5.41, 5.74) is -0.575. The highest BCUT2D eigenvalue weighted by Crippen LogP contribution is 2.29. The molecule has 0 amide bonds. The van der Waals surface area contributed by atoms with Gasteiger partial charge in [0, 0.05) is 12.2 Å². The van der Waals surface area contributed by atoms with Crippen molar-refractivity contribution in [1.29, 1.82) is 0 Å². The summed E-state index contributed by atoms with van der Waals surface area (Å²) in [7, 11) is -4.32. The number of ether oxygens (including phenoxy) is 1. The van der Waals surface area contributed by atoms with E-state index < -0.39 is 37.0 Å². The van der Waals surface area contributed by atoms with E-state index in [1.54, 1.807) is 20.8 Å². The highest BCUT2D eigenvalue weighted by Gasteiger charge is 2.36. The molecule has 0 spiro atoms. The number of allylic oxidation sites excluding steroid dienone is 1. The number of hydrogen-bond acceptors (Lipinski definition) is 5. The number of rotatable bonds is 3. The predicted molar refractivity (Wildman–Crippen MR) is 83.7 cm³/mol. The van der Waals surface area contributed by atoms with Gasteiger partial charge in [-0.05, 0) is 45.7 Å². The van der Waals surface area contributed by atoms with Crippen LogP contribution in [0.5, 0.6) is 0 Å². The molecule has 1 aromatic rings. The molecule has 1 heterocycles. The van der Waals surface area contributed by atoms with Gasteiger partial charge in [-0.1, -0.05) is 12.1 Å². The zero-order chi connectivity index (χ0) is 17.3. The van der Waals surface area contributed by atoms with E-state index in [9.17, 15) is 17.6 Å². The molecular formula is C16H20FNO4S. The second-order valence-electron chi connectivity index (χ2n) is 6.27. The topological polar surface area (TPSA) is 72.5 Å². The minimum absolute atomic E-state index is 0.280. The van der Waals surface area contributed by atoms with Crippen molar-refractivity contribution < 1.29 is 22.3 Å². The first-order chi connectivity index (χ1) is 10.6. The SMILES string of the molecule is CC(C)(C)OC(=O)C(=C1CCCN1)S(=O)(=O)c1ccccc1F. The Morgan fingerprint density at radius 1 is 1.26 bits per heavy atom. The number of nitrogens with one attached hydrogen (secondary N) is 1. The predicted octanol–water partition coefficient (Wildman–Crippen LogP) is 2.54. The average molecular weight is 341 g/mol. The van der Waals surface area contributed by atoms with Crippen LogP contribution in [0.15, 0.2) is 39.8 Å². The summed E-state index contributed by atoms with van der Waals surface area (Å²) in [6.45, 7) is 5.50. The van der Waals surface area contributed by atoms with Crippen molar-refractivity contribution >= 4 is 15.8 Å². The molecule has 1 saturated heterocycles. The van der Waals surface area contributed by atoms with Gasteiger partial charge in [0.15, 0.2) is 4.91 Å². The fourth-order valence-corrected chi connectivity index (χ4v) is 3.84. The van der Waals surface area contributed by atoms with E-state index in [0.717, 1.165) is 12.1 Å². The van der Waals surface area contributed by atoms with Crippen LogP contribution >= 0.6 is 0 Å². The molecule has 1 aliphatic rings. The van der Waals surface area contributed by atoms with Crippen molar-refractivity contribution in [3.8, 4) is 0 Å². The maximum absolute atomic E-state index is 14.0. The minimum atomic E-state index is -4.32. The molecule has 1 aliphatic heterocycles. The summed E-state index contributed by atoms with van der Waals surface area (Å²) in [5.74, 6) is -1.86. The maximum atomic E-state index is 14.0. The Kier molecular flexibility index (Phi) is 4.79. The van der Waals surface area contributed by atoms with E-state index in [0.29, 0.717) is 19.4 Å². The molecule has 126 valence electrons. The maximum Gasteiger partial charge on any atom is 0.352 e. The molecule has 7 heteroatoms. The third-order valence-corrected chi connectivity index (χ3v) is 5.06. The lowest BCUT2D eigenvalue weighted by atomic mass is 10.2. The monoisotopic (exact) mass is 341 g/mol. The minimum Gasteiger partial charge on any atom is -0.456 e. The van der Waals surface area contributed by atoms with Crippen molar-refractivity contribution in [1.82, 2.24) is 5.32 Å². The van der Waals surface area contributed by atoms with Gasteiger partial charge in [-0.25, -0.2) is 17.6 Å². The molecule has 2 rings (SSSR count). The highest BCUT2D eigenvalue weighted by molar-refractivity contribution is 7.96. The molecule has 5 nitrogen and oxygen atoms in total. The summed E-state index contributed by atoms with van der Waals surface area (Å²) in [6, 6.07) is 4.99. The summed E-state index contributed by atoms with van der Waals surface area (Å²) >= 11 is 0. The fourth-order valence-electron chi connectivity index (χ4n) is 2.28. The van der Waals surface area contributed by atoms with Crippen LogP contribution < -0.4 is 5.32 Å². The Labute approximate surface area is 135 Å². The molecular weight excluding hydrogens is 321 g/mol. The van der Waals surface area contributed by atoms with Gasteiger partial charge in [0.1, 0.15) is 16.3 Å². The summed E-state index contributed by atoms with van der Waals surface area (Å²) in [4.78, 5) is 11.4. The Bertz CT molecular complexity index is 740. The van der Waals surface area contributed by atoms with Crippen molar-refractivity contribution in [3.05, 3.63) is 40.7 Å². The summed E-state index contributed by atoms with van der Waals surface area (Å²) in [6.07, 6.45) is 1.11. The van der Waals surface area contributed by atoms with Crippen LogP contribution in [0.3, 0.4) is 0 Å². The second kappa shape index (κ2) is 6.31. The molecule has 0 saturated carbocycles. The van der Waals surface area contributed by atoms with Crippen LogP contribution in [0.25, 0.3) is 0 Å². The average Bonchev–Trinajstić information content (AvgIpc) is 2.90. The molecule has 23 heavy (non-hydrogen) atoms. The first kappa shape index (κ1) is 17.5. The van der Waals surface area contributed by atoms with Gasteiger partial charge in [-0.15, -0.1) is 0 Å². The number of esters is 1. The molecule has 1 N–H and O–H groups in total. The number of hydrogen-bond donors (Lipinski definition) is 1. The third-order valence-electron chi connectivity index (χ3n) is 3.20. The van der Waals surface area contributed by atoms with Gasteiger partial charge >= 0.3 is 5.97 Å². The molecule has 0 aromatic heterocycles. The van der Waals surface area contributed by atoms with Crippen LogP contribution in [0.1, 0.15) is 33.6 Å². The third kappa shape index (κ3) is 3.90. The number of benzene rings is 1. The Morgan fingerprint density at radius 2 is 1.91 bits per heavy atom. The van der Waals surface area contributed by atoms with Gasteiger partial charge in [0.05, 0.1) is 0 Å². The smallest absolute Gasteiger partial charge is 0.352 e. The first-order valence-corrected chi connectivity index (χ1v) is 8.81. The van der Waals surface area contributed by atoms with E-state index in [1.165, 1.54) is 12.1 Å². The van der Waals surface area contributed by atoms with Gasteiger partial charge in [-0.2, -0.15) is 0 Å². The Hall–Kier alpha value is -1.89. The molecule has 0 aliphatic carbocycles. The van der Waals surface area contributed by atoms with Crippen LogP contribution in [-0.2, 0) is 19.4 Å². The lowest BCUT2D eigenvalue weighted by molar-refractivity contribution is -0.149. The molecule has 0 radical (unpaired) electrons. The van der Waals surface area contributed by atoms with E-state index in [4.69, 9.17) is 4.74 Å². The standard InChI is InChI=1S/C16H20FNO4S/c1-16(2,3)22-15(19)14(12-8-6-10-18-12)23(20,21)13-9-5-4-7-11(13)17/h4-5,7,9,18H,6,8,10H2,1-3H3. The van der Waals surface area contributed by atoms with Crippen LogP contribution in [0.2, 0.25) is 0 Å². The zero-order valence-electron chi connectivity index (χ0n) is 13.3. The Balaban J connectivity index is 2.57. The molecule has 1 aromatic carbocycles. The van der Waals surface area contributed by atoms with Crippen LogP contribution in [-0.4, -0.2) is 26.5 Å². The Morgan fingerprint density at radius 3 is 2.43 bits per heavy atom. The van der Waals surface area contributed by atoms with Crippen LogP contribution in [0.4, 0.5) is 4.39 Å². The summed E-state index contributed by atoms with van der Waals surface area (Å²) < 4.78 is 44.8. The van der Waals surface area contributed by atoms with Crippen molar-refractivity contribution in [3.63, 3.8) is 0 Å². The van der Waals surface area contributed by atoms with Crippen LogP contribution in [0, 0.1) is 5.82 Å². The number of carbonyl (C=O) groups is 1. The molecule has 0 bridgehead atoms. The second-order valence-corrected chi connectivity index (χ2v) is 8.13. The van der Waals surface area contributed by atoms with Gasteiger partial charge in [0.2, 0.25) is 9.84 Å². The van der Waals surface area contributed by atoms with E-state index >= 15 is 0 Å². The quantitative estimate of drug-likeness (QED) is 0.676. The highest BCUT2D eigenvalue weighted by atomic mass is 32.2.